The average molecular weight is 309 g/mol. The summed E-state index contributed by atoms with van der Waals surface area (Å²) in [6.45, 7) is 0.185. The Kier molecular flexibility index (Phi) is 4.39. The van der Waals surface area contributed by atoms with Crippen molar-refractivity contribution in [3.63, 3.8) is 0 Å². The monoisotopic (exact) mass is 309 g/mol. The van der Waals surface area contributed by atoms with Crippen LogP contribution in [0.15, 0.2) is 41.6 Å². The smallest absolute Gasteiger partial charge is 0.335 e. The zero-order valence-corrected chi connectivity index (χ0v) is 12.2. The highest BCUT2D eigenvalue weighted by molar-refractivity contribution is 7.89. The van der Waals surface area contributed by atoms with Gasteiger partial charge in [-0.1, -0.05) is 6.07 Å². The van der Waals surface area contributed by atoms with Crippen molar-refractivity contribution in [1.82, 2.24) is 14.3 Å². The molecule has 2 N–H and O–H groups in total. The van der Waals surface area contributed by atoms with E-state index in [0.717, 1.165) is 11.9 Å². The number of carbonyl (C=O) groups is 1. The van der Waals surface area contributed by atoms with E-state index in [0.29, 0.717) is 6.42 Å². The summed E-state index contributed by atoms with van der Waals surface area (Å²) >= 11 is 0. The van der Waals surface area contributed by atoms with Gasteiger partial charge in [0.2, 0.25) is 10.0 Å². The lowest BCUT2D eigenvalue weighted by Gasteiger charge is -2.07. The molecule has 0 aliphatic heterocycles. The van der Waals surface area contributed by atoms with Crippen LogP contribution in [-0.4, -0.2) is 35.6 Å². The maximum Gasteiger partial charge on any atom is 0.335 e. The molecule has 0 unspecified atom stereocenters. The van der Waals surface area contributed by atoms with E-state index >= 15 is 0 Å². The van der Waals surface area contributed by atoms with Crippen molar-refractivity contribution in [3.05, 3.63) is 48.0 Å². The van der Waals surface area contributed by atoms with E-state index < -0.39 is 16.0 Å². The number of hydrogen-bond donors (Lipinski definition) is 2. The zero-order valence-electron chi connectivity index (χ0n) is 11.4. The molecule has 0 aliphatic rings. The fraction of sp³-hybridized carbons (Fsp3) is 0.231. The number of rotatable bonds is 6. The first-order valence-corrected chi connectivity index (χ1v) is 7.68. The number of aromatic carboxylic acids is 1. The van der Waals surface area contributed by atoms with E-state index in [1.807, 2.05) is 7.05 Å². The third kappa shape index (κ3) is 3.67. The summed E-state index contributed by atoms with van der Waals surface area (Å²) in [5.41, 5.74) is -0.0676. The molecule has 1 heterocycles. The van der Waals surface area contributed by atoms with Crippen LogP contribution >= 0.6 is 0 Å². The lowest BCUT2D eigenvalue weighted by Crippen LogP contribution is -2.26. The second-order valence-electron chi connectivity index (χ2n) is 4.44. The van der Waals surface area contributed by atoms with Gasteiger partial charge < -0.3 is 9.67 Å². The number of sulfonamides is 1. The summed E-state index contributed by atoms with van der Waals surface area (Å²) in [4.78, 5) is 14.9. The van der Waals surface area contributed by atoms with E-state index in [2.05, 4.69) is 9.71 Å². The Morgan fingerprint density at radius 3 is 2.81 bits per heavy atom. The van der Waals surface area contributed by atoms with Crippen LogP contribution in [0.3, 0.4) is 0 Å². The Labute approximate surface area is 122 Å². The molecule has 0 bridgehead atoms. The Bertz CT molecular complexity index is 752. The van der Waals surface area contributed by atoms with Crippen LogP contribution in [0, 0.1) is 0 Å². The number of hydrogen-bond acceptors (Lipinski definition) is 4. The standard InChI is InChI=1S/C13H15N3O4S/c1-16-8-7-14-12(16)5-6-15-21(19,20)11-4-2-3-10(9-11)13(17)18/h2-4,7-9,15H,5-6H2,1H3,(H,17,18). The number of benzene rings is 1. The highest BCUT2D eigenvalue weighted by Crippen LogP contribution is 2.11. The Morgan fingerprint density at radius 2 is 2.19 bits per heavy atom. The van der Waals surface area contributed by atoms with Crippen molar-refractivity contribution >= 4 is 16.0 Å². The molecular formula is C13H15N3O4S. The molecule has 0 saturated carbocycles. The van der Waals surface area contributed by atoms with Crippen LogP contribution in [0.4, 0.5) is 0 Å². The molecule has 0 amide bonds. The molecule has 1 aromatic carbocycles. The Morgan fingerprint density at radius 1 is 1.43 bits per heavy atom. The van der Waals surface area contributed by atoms with Crippen LogP contribution in [0.1, 0.15) is 16.2 Å². The zero-order chi connectivity index (χ0) is 15.5. The van der Waals surface area contributed by atoms with Gasteiger partial charge in [0.25, 0.3) is 0 Å². The van der Waals surface area contributed by atoms with Gasteiger partial charge in [0.1, 0.15) is 5.82 Å². The van der Waals surface area contributed by atoms with Gasteiger partial charge in [-0.25, -0.2) is 22.9 Å². The molecule has 0 atom stereocenters. The molecule has 2 rings (SSSR count). The van der Waals surface area contributed by atoms with Gasteiger partial charge in [-0.3, -0.25) is 0 Å². The average Bonchev–Trinajstić information content (AvgIpc) is 2.84. The minimum Gasteiger partial charge on any atom is -0.478 e. The molecule has 0 aliphatic carbocycles. The highest BCUT2D eigenvalue weighted by Gasteiger charge is 2.15. The molecule has 0 radical (unpaired) electrons. The van der Waals surface area contributed by atoms with Gasteiger partial charge in [0.05, 0.1) is 10.5 Å². The van der Waals surface area contributed by atoms with E-state index in [9.17, 15) is 13.2 Å². The van der Waals surface area contributed by atoms with Crippen molar-refractivity contribution in [3.8, 4) is 0 Å². The predicted molar refractivity (Wildman–Crippen MR) is 75.5 cm³/mol. The normalized spacial score (nSPS) is 11.5. The molecule has 7 nitrogen and oxygen atoms in total. The number of aromatic nitrogens is 2. The molecular weight excluding hydrogens is 294 g/mol. The summed E-state index contributed by atoms with van der Waals surface area (Å²) in [6.07, 6.45) is 3.86. The van der Waals surface area contributed by atoms with E-state index in [4.69, 9.17) is 5.11 Å². The van der Waals surface area contributed by atoms with Crippen LogP contribution in [0.5, 0.6) is 0 Å². The molecule has 112 valence electrons. The molecule has 2 aromatic rings. The first-order valence-electron chi connectivity index (χ1n) is 6.19. The summed E-state index contributed by atoms with van der Waals surface area (Å²) in [5, 5.41) is 8.88. The van der Waals surface area contributed by atoms with Gasteiger partial charge in [0, 0.05) is 32.4 Å². The third-order valence-electron chi connectivity index (χ3n) is 2.95. The van der Waals surface area contributed by atoms with Crippen LogP contribution < -0.4 is 4.72 Å². The SMILES string of the molecule is Cn1ccnc1CCNS(=O)(=O)c1cccc(C(=O)O)c1. The topological polar surface area (TPSA) is 101 Å². The number of carboxylic acids is 1. The number of nitrogens with zero attached hydrogens (tertiary/aromatic N) is 2. The lowest BCUT2D eigenvalue weighted by atomic mass is 10.2. The van der Waals surface area contributed by atoms with Gasteiger partial charge >= 0.3 is 5.97 Å². The molecule has 0 spiro atoms. The molecule has 0 fully saturated rings. The van der Waals surface area contributed by atoms with Crippen LogP contribution in [0.25, 0.3) is 0 Å². The summed E-state index contributed by atoms with van der Waals surface area (Å²) in [5.74, 6) is -0.406. The third-order valence-corrected chi connectivity index (χ3v) is 4.41. The van der Waals surface area contributed by atoms with Crippen molar-refractivity contribution in [2.24, 2.45) is 7.05 Å². The second kappa shape index (κ2) is 6.06. The predicted octanol–water partition coefficient (Wildman–Crippen LogP) is 0.639. The van der Waals surface area contributed by atoms with Gasteiger partial charge in [-0.15, -0.1) is 0 Å². The largest absolute Gasteiger partial charge is 0.478 e. The number of nitrogens with one attached hydrogen (secondary N) is 1. The van der Waals surface area contributed by atoms with Crippen molar-refractivity contribution in [2.75, 3.05) is 6.54 Å². The van der Waals surface area contributed by atoms with E-state index in [-0.39, 0.29) is 17.0 Å². The lowest BCUT2D eigenvalue weighted by molar-refractivity contribution is 0.0696. The maximum absolute atomic E-state index is 12.1. The molecule has 8 heteroatoms. The summed E-state index contributed by atoms with van der Waals surface area (Å²) in [7, 11) is -1.91. The molecule has 21 heavy (non-hydrogen) atoms. The first-order chi connectivity index (χ1) is 9.90. The second-order valence-corrected chi connectivity index (χ2v) is 6.20. The Balaban J connectivity index is 2.06. The summed E-state index contributed by atoms with van der Waals surface area (Å²) < 4.78 is 28.4. The maximum atomic E-state index is 12.1. The number of carboxylic acid groups (broad SMARTS) is 1. The van der Waals surface area contributed by atoms with Crippen molar-refractivity contribution in [2.45, 2.75) is 11.3 Å². The molecule has 0 saturated heterocycles. The fourth-order valence-electron chi connectivity index (χ4n) is 1.81. The summed E-state index contributed by atoms with van der Waals surface area (Å²) in [6, 6.07) is 5.23. The van der Waals surface area contributed by atoms with Crippen LogP contribution in [0.2, 0.25) is 0 Å². The number of imidazole rings is 1. The molecule has 1 aromatic heterocycles. The van der Waals surface area contributed by atoms with Crippen LogP contribution in [-0.2, 0) is 23.5 Å². The first kappa shape index (κ1) is 15.2. The van der Waals surface area contributed by atoms with Gasteiger partial charge in [-0.2, -0.15) is 0 Å². The fourth-order valence-corrected chi connectivity index (χ4v) is 2.89. The van der Waals surface area contributed by atoms with Gasteiger partial charge in [-0.05, 0) is 18.2 Å². The van der Waals surface area contributed by atoms with Crippen molar-refractivity contribution in [1.29, 1.82) is 0 Å². The van der Waals surface area contributed by atoms with Crippen molar-refractivity contribution < 1.29 is 18.3 Å². The minimum absolute atomic E-state index is 0.0674. The Hall–Kier alpha value is -2.19. The van der Waals surface area contributed by atoms with E-state index in [1.165, 1.54) is 18.2 Å². The minimum atomic E-state index is -3.73. The highest BCUT2D eigenvalue weighted by atomic mass is 32.2. The quantitative estimate of drug-likeness (QED) is 0.815. The van der Waals surface area contributed by atoms with E-state index in [1.54, 1.807) is 17.0 Å². The van der Waals surface area contributed by atoms with Gasteiger partial charge in [0.15, 0.2) is 0 Å². The number of aryl methyl sites for hydroxylation is 1.